The fourth-order valence-electron chi connectivity index (χ4n) is 4.07. The van der Waals surface area contributed by atoms with Gasteiger partial charge in [-0.1, -0.05) is 0 Å². The summed E-state index contributed by atoms with van der Waals surface area (Å²) in [4.78, 5) is 28.0. The smallest absolute Gasteiger partial charge is 0.307 e. The molecule has 2 N–H and O–H groups in total. The molecule has 1 aromatic rings. The zero-order chi connectivity index (χ0) is 15.0. The van der Waals surface area contributed by atoms with Gasteiger partial charge < -0.3 is 10.4 Å². The van der Waals surface area contributed by atoms with Gasteiger partial charge in [-0.05, 0) is 55.7 Å². The molecule has 21 heavy (non-hydrogen) atoms. The Labute approximate surface area is 123 Å². The third-order valence-corrected chi connectivity index (χ3v) is 5.07. The Morgan fingerprint density at radius 2 is 1.86 bits per heavy atom. The summed E-state index contributed by atoms with van der Waals surface area (Å²) in [6, 6.07) is 3.59. The fraction of sp³-hybridized carbons (Fsp3) is 0.562. The number of aliphatic carboxylic acids is 1. The molecule has 0 unspecified atom stereocenters. The van der Waals surface area contributed by atoms with E-state index in [0.29, 0.717) is 0 Å². The van der Waals surface area contributed by atoms with Crippen molar-refractivity contribution in [2.75, 3.05) is 0 Å². The number of hydrogen-bond donors (Lipinski definition) is 2. The first-order valence-electron chi connectivity index (χ1n) is 7.51. The van der Waals surface area contributed by atoms with Gasteiger partial charge in [-0.15, -0.1) is 0 Å². The Bertz CT molecular complexity index is 546. The van der Waals surface area contributed by atoms with Gasteiger partial charge in [0.1, 0.15) is 0 Å². The van der Waals surface area contributed by atoms with Crippen molar-refractivity contribution in [2.45, 2.75) is 32.2 Å². The lowest BCUT2D eigenvalue weighted by Crippen LogP contribution is -2.42. The monoisotopic (exact) mass is 288 g/mol. The second-order valence-electron chi connectivity index (χ2n) is 6.23. The molecule has 2 aliphatic rings. The van der Waals surface area contributed by atoms with E-state index in [2.05, 4.69) is 10.3 Å². The van der Waals surface area contributed by atoms with Crippen LogP contribution < -0.4 is 5.32 Å². The highest BCUT2D eigenvalue weighted by molar-refractivity contribution is 5.86. The number of aromatic nitrogens is 1. The summed E-state index contributed by atoms with van der Waals surface area (Å²) in [6.07, 6.45) is 6.20. The van der Waals surface area contributed by atoms with E-state index in [1.165, 1.54) is 0 Å². The number of carboxylic acids is 1. The van der Waals surface area contributed by atoms with Gasteiger partial charge in [0.15, 0.2) is 0 Å². The van der Waals surface area contributed by atoms with Crippen LogP contribution in [-0.2, 0) is 9.59 Å². The number of fused-ring (bicyclic) bond motifs is 2. The van der Waals surface area contributed by atoms with Crippen LogP contribution in [-0.4, -0.2) is 22.0 Å². The lowest BCUT2D eigenvalue weighted by molar-refractivity contribution is -0.149. The SMILES string of the molecule is C[C@H](NC(=O)[C@H]1[C@H]2CC[C@@H](C2)[C@@H]1C(=O)O)c1ccncc1. The van der Waals surface area contributed by atoms with Crippen LogP contribution in [0.2, 0.25) is 0 Å². The maximum atomic E-state index is 12.5. The molecule has 3 rings (SSSR count). The largest absolute Gasteiger partial charge is 0.481 e. The Hall–Kier alpha value is -1.91. The van der Waals surface area contributed by atoms with Crippen LogP contribution in [0.15, 0.2) is 24.5 Å². The van der Waals surface area contributed by atoms with Crippen molar-refractivity contribution < 1.29 is 14.7 Å². The Kier molecular flexibility index (Phi) is 3.66. The van der Waals surface area contributed by atoms with E-state index in [4.69, 9.17) is 0 Å². The highest BCUT2D eigenvalue weighted by Crippen LogP contribution is 2.52. The van der Waals surface area contributed by atoms with Gasteiger partial charge in [-0.3, -0.25) is 14.6 Å². The molecule has 2 saturated carbocycles. The van der Waals surface area contributed by atoms with Crippen LogP contribution >= 0.6 is 0 Å². The van der Waals surface area contributed by atoms with E-state index in [1.807, 2.05) is 19.1 Å². The predicted octanol–water partition coefficient (Wildman–Crippen LogP) is 2.01. The van der Waals surface area contributed by atoms with Crippen LogP contribution in [0.1, 0.15) is 37.8 Å². The van der Waals surface area contributed by atoms with Crippen LogP contribution in [0.5, 0.6) is 0 Å². The minimum Gasteiger partial charge on any atom is -0.481 e. The third-order valence-electron chi connectivity index (χ3n) is 5.07. The van der Waals surface area contributed by atoms with E-state index in [9.17, 15) is 14.7 Å². The zero-order valence-electron chi connectivity index (χ0n) is 12.0. The summed E-state index contributed by atoms with van der Waals surface area (Å²) in [5.41, 5.74) is 0.980. The van der Waals surface area contributed by atoms with Crippen molar-refractivity contribution >= 4 is 11.9 Å². The van der Waals surface area contributed by atoms with E-state index >= 15 is 0 Å². The molecule has 0 radical (unpaired) electrons. The average molecular weight is 288 g/mol. The van der Waals surface area contributed by atoms with Crippen molar-refractivity contribution in [2.24, 2.45) is 23.7 Å². The lowest BCUT2D eigenvalue weighted by atomic mass is 9.78. The molecule has 0 spiro atoms. The molecule has 1 aromatic heterocycles. The van der Waals surface area contributed by atoms with Gasteiger partial charge in [0.05, 0.1) is 17.9 Å². The quantitative estimate of drug-likeness (QED) is 0.888. The molecule has 1 heterocycles. The highest BCUT2D eigenvalue weighted by atomic mass is 16.4. The number of carboxylic acid groups (broad SMARTS) is 1. The lowest BCUT2D eigenvalue weighted by Gasteiger charge is -2.28. The van der Waals surface area contributed by atoms with Gasteiger partial charge in [0.25, 0.3) is 0 Å². The summed E-state index contributed by atoms with van der Waals surface area (Å²) < 4.78 is 0. The molecule has 2 aliphatic carbocycles. The fourth-order valence-corrected chi connectivity index (χ4v) is 4.07. The molecule has 5 heteroatoms. The maximum absolute atomic E-state index is 12.5. The van der Waals surface area contributed by atoms with Crippen LogP contribution in [0, 0.1) is 23.7 Å². The Morgan fingerprint density at radius 3 is 2.48 bits per heavy atom. The molecule has 5 nitrogen and oxygen atoms in total. The van der Waals surface area contributed by atoms with Gasteiger partial charge >= 0.3 is 5.97 Å². The third kappa shape index (κ3) is 2.52. The molecule has 1 amide bonds. The average Bonchev–Trinajstić information content (AvgIpc) is 3.08. The second kappa shape index (κ2) is 5.47. The summed E-state index contributed by atoms with van der Waals surface area (Å²) in [7, 11) is 0. The summed E-state index contributed by atoms with van der Waals surface area (Å²) in [5.74, 6) is -1.39. The zero-order valence-corrected chi connectivity index (χ0v) is 12.0. The molecule has 2 bridgehead atoms. The minimum atomic E-state index is -0.820. The predicted molar refractivity (Wildman–Crippen MR) is 76.2 cm³/mol. The summed E-state index contributed by atoms with van der Waals surface area (Å²) >= 11 is 0. The highest BCUT2D eigenvalue weighted by Gasteiger charge is 2.54. The second-order valence-corrected chi connectivity index (χ2v) is 6.23. The topological polar surface area (TPSA) is 79.3 Å². The molecular weight excluding hydrogens is 268 g/mol. The first-order valence-corrected chi connectivity index (χ1v) is 7.51. The normalized spacial score (nSPS) is 31.9. The van der Waals surface area contributed by atoms with E-state index in [1.54, 1.807) is 12.4 Å². The number of amides is 1. The molecule has 112 valence electrons. The van der Waals surface area contributed by atoms with Crippen molar-refractivity contribution in [3.63, 3.8) is 0 Å². The number of nitrogens with zero attached hydrogens (tertiary/aromatic N) is 1. The van der Waals surface area contributed by atoms with Crippen molar-refractivity contribution in [1.82, 2.24) is 10.3 Å². The maximum Gasteiger partial charge on any atom is 0.307 e. The van der Waals surface area contributed by atoms with Gasteiger partial charge in [0.2, 0.25) is 5.91 Å². The molecular formula is C16H20N2O3. The van der Waals surface area contributed by atoms with Gasteiger partial charge in [-0.25, -0.2) is 0 Å². The summed E-state index contributed by atoms with van der Waals surface area (Å²) in [5, 5.41) is 12.4. The van der Waals surface area contributed by atoms with Crippen LogP contribution in [0.4, 0.5) is 0 Å². The Balaban J connectivity index is 1.72. The molecule has 0 aromatic carbocycles. The first-order chi connectivity index (χ1) is 10.1. The molecule has 5 atom stereocenters. The number of rotatable bonds is 4. The number of nitrogens with one attached hydrogen (secondary N) is 1. The standard InChI is InChI=1S/C16H20N2O3/c1-9(10-4-6-17-7-5-10)18-15(19)13-11-2-3-12(8-11)14(13)16(20)21/h4-7,9,11-14H,2-3,8H2,1H3,(H,18,19)(H,20,21)/t9-,11-,12-,13-,14-/m0/s1. The van der Waals surface area contributed by atoms with Gasteiger partial charge in [-0.2, -0.15) is 0 Å². The number of hydrogen-bond acceptors (Lipinski definition) is 3. The van der Waals surface area contributed by atoms with E-state index in [-0.39, 0.29) is 29.7 Å². The van der Waals surface area contributed by atoms with Crippen LogP contribution in [0.25, 0.3) is 0 Å². The number of pyridine rings is 1. The molecule has 2 fully saturated rings. The minimum absolute atomic E-state index is 0.112. The molecule has 0 saturated heterocycles. The molecule has 0 aliphatic heterocycles. The van der Waals surface area contributed by atoms with Crippen LogP contribution in [0.3, 0.4) is 0 Å². The van der Waals surface area contributed by atoms with Crippen molar-refractivity contribution in [3.05, 3.63) is 30.1 Å². The Morgan fingerprint density at radius 1 is 1.24 bits per heavy atom. The van der Waals surface area contributed by atoms with E-state index < -0.39 is 11.9 Å². The summed E-state index contributed by atoms with van der Waals surface area (Å²) in [6.45, 7) is 1.91. The number of carbonyl (C=O) groups is 2. The van der Waals surface area contributed by atoms with Gasteiger partial charge in [0, 0.05) is 12.4 Å². The number of carbonyl (C=O) groups excluding carboxylic acids is 1. The van der Waals surface area contributed by atoms with Crippen molar-refractivity contribution in [1.29, 1.82) is 0 Å². The van der Waals surface area contributed by atoms with E-state index in [0.717, 1.165) is 24.8 Å². The van der Waals surface area contributed by atoms with Crippen molar-refractivity contribution in [3.8, 4) is 0 Å². The first kappa shape index (κ1) is 14.0.